The predicted molar refractivity (Wildman–Crippen MR) is 65.0 cm³/mol. The van der Waals surface area contributed by atoms with E-state index in [-0.39, 0.29) is 0 Å². The maximum Gasteiger partial charge on any atom is 0.163 e. The van der Waals surface area contributed by atoms with Crippen LogP contribution in [0.25, 0.3) is 11.4 Å². The molecule has 0 amide bonds. The van der Waals surface area contributed by atoms with Crippen LogP contribution in [0.5, 0.6) is 5.75 Å². The smallest absolute Gasteiger partial charge is 0.163 e. The second kappa shape index (κ2) is 3.87. The van der Waals surface area contributed by atoms with E-state index in [4.69, 9.17) is 4.74 Å². The van der Waals surface area contributed by atoms with Gasteiger partial charge in [-0.3, -0.25) is 0 Å². The van der Waals surface area contributed by atoms with Crippen molar-refractivity contribution in [2.24, 2.45) is 0 Å². The molecule has 17 heavy (non-hydrogen) atoms. The largest absolute Gasteiger partial charge is 0.493 e. The van der Waals surface area contributed by atoms with Gasteiger partial charge in [0.05, 0.1) is 6.61 Å². The fourth-order valence-corrected chi connectivity index (χ4v) is 2.15. The fraction of sp³-hybridized carbons (Fsp3) is 0.385. The molecular formula is C13H15N3O. The average Bonchev–Trinajstić information content (AvgIpc) is 2.96. The van der Waals surface area contributed by atoms with Crippen molar-refractivity contribution in [3.8, 4) is 17.1 Å². The lowest BCUT2D eigenvalue weighted by Gasteiger charge is -2.10. The van der Waals surface area contributed by atoms with Crippen molar-refractivity contribution >= 4 is 0 Å². The number of nitrogens with zero attached hydrogens (tertiary/aromatic N) is 3. The minimum atomic E-state index is 0.365. The van der Waals surface area contributed by atoms with Gasteiger partial charge >= 0.3 is 0 Å². The Bertz CT molecular complexity index is 545. The van der Waals surface area contributed by atoms with Crippen molar-refractivity contribution in [1.82, 2.24) is 14.8 Å². The van der Waals surface area contributed by atoms with Crippen LogP contribution in [-0.2, 0) is 6.42 Å². The highest BCUT2D eigenvalue weighted by atomic mass is 16.5. The summed E-state index contributed by atoms with van der Waals surface area (Å²) in [5, 5.41) is 8.20. The van der Waals surface area contributed by atoms with Crippen LogP contribution in [0.1, 0.15) is 25.5 Å². The van der Waals surface area contributed by atoms with Crippen LogP contribution in [0.2, 0.25) is 0 Å². The first kappa shape index (κ1) is 10.3. The predicted octanol–water partition coefficient (Wildman–Crippen LogP) is 2.46. The van der Waals surface area contributed by atoms with E-state index in [0.717, 1.165) is 30.2 Å². The van der Waals surface area contributed by atoms with Crippen molar-refractivity contribution in [2.45, 2.75) is 26.3 Å². The Morgan fingerprint density at radius 1 is 1.35 bits per heavy atom. The van der Waals surface area contributed by atoms with Gasteiger partial charge in [-0.1, -0.05) is 0 Å². The Morgan fingerprint density at radius 2 is 2.24 bits per heavy atom. The van der Waals surface area contributed by atoms with E-state index < -0.39 is 0 Å². The van der Waals surface area contributed by atoms with Crippen LogP contribution in [0.4, 0.5) is 0 Å². The fourth-order valence-electron chi connectivity index (χ4n) is 2.15. The number of hydrogen-bond acceptors (Lipinski definition) is 3. The first-order valence-electron chi connectivity index (χ1n) is 5.91. The molecule has 1 aromatic carbocycles. The molecule has 0 radical (unpaired) electrons. The molecule has 1 aromatic heterocycles. The standard InChI is InChI=1S/C13H15N3O/c1-9(2)16-8-14-15-13(16)11-3-4-12-10(7-11)5-6-17-12/h3-4,7-9H,5-6H2,1-2H3. The van der Waals surface area contributed by atoms with Gasteiger partial charge in [0.2, 0.25) is 0 Å². The molecular weight excluding hydrogens is 214 g/mol. The quantitative estimate of drug-likeness (QED) is 0.794. The van der Waals surface area contributed by atoms with Crippen LogP contribution in [0.15, 0.2) is 24.5 Å². The van der Waals surface area contributed by atoms with Gasteiger partial charge in [0.15, 0.2) is 5.82 Å². The van der Waals surface area contributed by atoms with E-state index in [9.17, 15) is 0 Å². The second-order valence-corrected chi connectivity index (χ2v) is 4.58. The Balaban J connectivity index is 2.06. The van der Waals surface area contributed by atoms with E-state index in [2.05, 4.69) is 34.7 Å². The summed E-state index contributed by atoms with van der Waals surface area (Å²) in [6.07, 6.45) is 2.77. The van der Waals surface area contributed by atoms with Crippen molar-refractivity contribution < 1.29 is 4.74 Å². The van der Waals surface area contributed by atoms with E-state index in [1.165, 1.54) is 5.56 Å². The maximum absolute atomic E-state index is 5.51. The molecule has 0 fully saturated rings. The Labute approximate surface area is 100 Å². The van der Waals surface area contributed by atoms with E-state index >= 15 is 0 Å². The minimum absolute atomic E-state index is 0.365. The summed E-state index contributed by atoms with van der Waals surface area (Å²) >= 11 is 0. The number of fused-ring (bicyclic) bond motifs is 1. The van der Waals surface area contributed by atoms with Gasteiger partial charge in [-0.2, -0.15) is 0 Å². The first-order valence-corrected chi connectivity index (χ1v) is 5.91. The van der Waals surface area contributed by atoms with Crippen molar-refractivity contribution in [3.63, 3.8) is 0 Å². The number of rotatable bonds is 2. The van der Waals surface area contributed by atoms with Gasteiger partial charge in [0.1, 0.15) is 12.1 Å². The molecule has 2 heterocycles. The van der Waals surface area contributed by atoms with Crippen molar-refractivity contribution in [1.29, 1.82) is 0 Å². The van der Waals surface area contributed by atoms with Gasteiger partial charge in [0, 0.05) is 18.0 Å². The van der Waals surface area contributed by atoms with Crippen LogP contribution in [-0.4, -0.2) is 21.4 Å². The van der Waals surface area contributed by atoms with Gasteiger partial charge in [-0.05, 0) is 37.6 Å². The molecule has 0 bridgehead atoms. The third-order valence-electron chi connectivity index (χ3n) is 3.08. The van der Waals surface area contributed by atoms with Gasteiger partial charge in [0.25, 0.3) is 0 Å². The zero-order valence-corrected chi connectivity index (χ0v) is 10.1. The van der Waals surface area contributed by atoms with Crippen molar-refractivity contribution in [3.05, 3.63) is 30.1 Å². The lowest BCUT2D eigenvalue weighted by atomic mass is 10.1. The summed E-state index contributed by atoms with van der Waals surface area (Å²) in [6.45, 7) is 5.04. The number of benzene rings is 1. The molecule has 0 saturated heterocycles. The van der Waals surface area contributed by atoms with Crippen LogP contribution < -0.4 is 4.74 Å². The average molecular weight is 229 g/mol. The van der Waals surface area contributed by atoms with Gasteiger partial charge < -0.3 is 9.30 Å². The van der Waals surface area contributed by atoms with Gasteiger partial charge in [-0.25, -0.2) is 0 Å². The van der Waals surface area contributed by atoms with Crippen LogP contribution in [0, 0.1) is 0 Å². The summed E-state index contributed by atoms with van der Waals surface area (Å²) in [5.41, 5.74) is 2.38. The topological polar surface area (TPSA) is 39.9 Å². The Hall–Kier alpha value is -1.84. The zero-order valence-electron chi connectivity index (χ0n) is 10.1. The van der Waals surface area contributed by atoms with E-state index in [0.29, 0.717) is 6.04 Å². The van der Waals surface area contributed by atoms with E-state index in [1.54, 1.807) is 6.33 Å². The van der Waals surface area contributed by atoms with Crippen molar-refractivity contribution in [2.75, 3.05) is 6.61 Å². The molecule has 0 unspecified atom stereocenters. The summed E-state index contributed by atoms with van der Waals surface area (Å²) in [7, 11) is 0. The molecule has 88 valence electrons. The molecule has 1 aliphatic heterocycles. The third kappa shape index (κ3) is 1.69. The number of ether oxygens (including phenoxy) is 1. The lowest BCUT2D eigenvalue weighted by molar-refractivity contribution is 0.357. The maximum atomic E-state index is 5.51. The molecule has 4 heteroatoms. The highest BCUT2D eigenvalue weighted by Crippen LogP contribution is 2.30. The number of aromatic nitrogens is 3. The van der Waals surface area contributed by atoms with E-state index in [1.807, 2.05) is 12.1 Å². The highest BCUT2D eigenvalue weighted by Gasteiger charge is 2.15. The summed E-state index contributed by atoms with van der Waals surface area (Å²) in [4.78, 5) is 0. The van der Waals surface area contributed by atoms with Gasteiger partial charge in [-0.15, -0.1) is 10.2 Å². The molecule has 0 saturated carbocycles. The molecule has 4 nitrogen and oxygen atoms in total. The molecule has 3 rings (SSSR count). The Morgan fingerprint density at radius 3 is 3.06 bits per heavy atom. The molecule has 0 atom stereocenters. The summed E-state index contributed by atoms with van der Waals surface area (Å²) < 4.78 is 7.59. The molecule has 2 aromatic rings. The second-order valence-electron chi connectivity index (χ2n) is 4.58. The molecule has 0 N–H and O–H groups in total. The number of hydrogen-bond donors (Lipinski definition) is 0. The third-order valence-corrected chi connectivity index (χ3v) is 3.08. The first-order chi connectivity index (χ1) is 8.25. The van der Waals surface area contributed by atoms with Crippen LogP contribution >= 0.6 is 0 Å². The summed E-state index contributed by atoms with van der Waals surface area (Å²) in [6, 6.07) is 6.60. The Kier molecular flexibility index (Phi) is 2.35. The molecule has 0 aliphatic carbocycles. The lowest BCUT2D eigenvalue weighted by Crippen LogP contribution is -2.01. The summed E-state index contributed by atoms with van der Waals surface area (Å²) in [5.74, 6) is 1.93. The van der Waals surface area contributed by atoms with Crippen LogP contribution in [0.3, 0.4) is 0 Å². The zero-order chi connectivity index (χ0) is 11.8. The minimum Gasteiger partial charge on any atom is -0.493 e. The monoisotopic (exact) mass is 229 g/mol. The molecule has 0 spiro atoms. The SMILES string of the molecule is CC(C)n1cnnc1-c1ccc2c(c1)CCO2. The molecule has 1 aliphatic rings. The highest BCUT2D eigenvalue weighted by molar-refractivity contribution is 5.59. The normalized spacial score (nSPS) is 13.8.